The summed E-state index contributed by atoms with van der Waals surface area (Å²) in [6.45, 7) is 0. The molecule has 1 amide bonds. The lowest BCUT2D eigenvalue weighted by Crippen LogP contribution is -2.23. The van der Waals surface area contributed by atoms with Gasteiger partial charge in [-0.3, -0.25) is 4.79 Å². The Balaban J connectivity index is 1.89. The number of hydrogen-bond acceptors (Lipinski definition) is 5. The first-order chi connectivity index (χ1) is 12.3. The fourth-order valence-electron chi connectivity index (χ4n) is 3.49. The first-order valence-electron chi connectivity index (χ1n) is 8.54. The number of amides is 1. The number of halogens is 1. The van der Waals surface area contributed by atoms with Crippen LogP contribution in [0.4, 0.5) is 5.13 Å². The molecule has 5 nitrogen and oxygen atoms in total. The van der Waals surface area contributed by atoms with Gasteiger partial charge < -0.3 is 5.32 Å². The van der Waals surface area contributed by atoms with Gasteiger partial charge in [0.2, 0.25) is 5.91 Å². The van der Waals surface area contributed by atoms with Crippen molar-refractivity contribution in [3.8, 4) is 0 Å². The van der Waals surface area contributed by atoms with E-state index in [0.29, 0.717) is 11.0 Å². The molecule has 1 aliphatic rings. The number of anilines is 1. The van der Waals surface area contributed by atoms with Crippen molar-refractivity contribution in [2.45, 2.75) is 42.9 Å². The molecule has 1 saturated carbocycles. The molecule has 1 aromatic heterocycles. The zero-order chi connectivity index (χ0) is 18.7. The molecule has 0 saturated heterocycles. The summed E-state index contributed by atoms with van der Waals surface area (Å²) in [4.78, 5) is 17.1. The van der Waals surface area contributed by atoms with Crippen LogP contribution >= 0.6 is 22.9 Å². The molecule has 1 aromatic carbocycles. The van der Waals surface area contributed by atoms with E-state index in [2.05, 4.69) is 10.3 Å². The van der Waals surface area contributed by atoms with Crippen molar-refractivity contribution in [3.63, 3.8) is 0 Å². The largest absolute Gasteiger partial charge is 0.301 e. The van der Waals surface area contributed by atoms with Crippen LogP contribution in [0, 0.1) is 5.92 Å². The molecule has 1 fully saturated rings. The van der Waals surface area contributed by atoms with Crippen LogP contribution in [0.2, 0.25) is 5.02 Å². The van der Waals surface area contributed by atoms with Crippen LogP contribution in [-0.2, 0) is 14.6 Å². The third-order valence-corrected chi connectivity index (χ3v) is 7.05. The quantitative estimate of drug-likeness (QED) is 0.757. The Morgan fingerprint density at radius 1 is 1.38 bits per heavy atom. The smallest absolute Gasteiger partial charge is 0.233 e. The fourth-order valence-corrected chi connectivity index (χ4v) is 5.36. The number of carbonyl (C=O) groups is 1. The molecule has 2 aromatic rings. The molecule has 3 rings (SSSR count). The number of hydrogen-bond donors (Lipinski definition) is 1. The van der Waals surface area contributed by atoms with Gasteiger partial charge in [0, 0.05) is 17.8 Å². The lowest BCUT2D eigenvalue weighted by Gasteiger charge is -2.20. The maximum Gasteiger partial charge on any atom is 0.233 e. The highest BCUT2D eigenvalue weighted by atomic mass is 35.5. The van der Waals surface area contributed by atoms with Crippen LogP contribution in [0.15, 0.2) is 34.7 Å². The van der Waals surface area contributed by atoms with Gasteiger partial charge >= 0.3 is 0 Å². The molecule has 1 N–H and O–H groups in total. The van der Waals surface area contributed by atoms with E-state index in [1.807, 2.05) is 0 Å². The van der Waals surface area contributed by atoms with Gasteiger partial charge in [0.1, 0.15) is 0 Å². The second-order valence-electron chi connectivity index (χ2n) is 6.73. The molecule has 0 bridgehead atoms. The van der Waals surface area contributed by atoms with Gasteiger partial charge in [-0.2, -0.15) is 0 Å². The minimum Gasteiger partial charge on any atom is -0.301 e. The summed E-state index contributed by atoms with van der Waals surface area (Å²) in [7, 11) is -3.40. The predicted octanol–water partition coefficient (Wildman–Crippen LogP) is 4.50. The Hall–Kier alpha value is -1.44. The molecule has 0 spiro atoms. The van der Waals surface area contributed by atoms with Gasteiger partial charge in [-0.05, 0) is 30.0 Å². The summed E-state index contributed by atoms with van der Waals surface area (Å²) in [5.74, 6) is -0.0152. The van der Waals surface area contributed by atoms with Crippen molar-refractivity contribution in [2.75, 3.05) is 11.6 Å². The lowest BCUT2D eigenvalue weighted by atomic mass is 9.87. The second-order valence-corrected chi connectivity index (χ2v) is 10.0. The Morgan fingerprint density at radius 2 is 2.12 bits per heavy atom. The summed E-state index contributed by atoms with van der Waals surface area (Å²) < 4.78 is 23.6. The summed E-state index contributed by atoms with van der Waals surface area (Å²) in [5, 5.41) is 5.39. The molecular formula is C18H21ClN2O3S2. The third-order valence-electron chi connectivity index (χ3n) is 4.78. The summed E-state index contributed by atoms with van der Waals surface area (Å²) in [6, 6.07) is 4.80. The summed E-state index contributed by atoms with van der Waals surface area (Å²) >= 11 is 7.57. The number of nitrogens with one attached hydrogen (secondary N) is 1. The maximum atomic E-state index is 12.9. The summed E-state index contributed by atoms with van der Waals surface area (Å²) in [6.07, 6.45) is 8.12. The fraction of sp³-hybridized carbons (Fsp3) is 0.444. The van der Waals surface area contributed by atoms with E-state index < -0.39 is 9.84 Å². The minimum absolute atomic E-state index is 0.0860. The molecule has 140 valence electrons. The van der Waals surface area contributed by atoms with E-state index in [1.54, 1.807) is 23.7 Å². The number of benzene rings is 1. The normalized spacial score (nSPS) is 16.5. The van der Waals surface area contributed by atoms with Gasteiger partial charge in [0.05, 0.1) is 15.8 Å². The highest BCUT2D eigenvalue weighted by Gasteiger charge is 2.28. The second kappa shape index (κ2) is 8.06. The lowest BCUT2D eigenvalue weighted by molar-refractivity contribution is -0.118. The van der Waals surface area contributed by atoms with Crippen LogP contribution in [0.25, 0.3) is 0 Å². The molecule has 8 heteroatoms. The first-order valence-corrected chi connectivity index (χ1v) is 11.7. The highest BCUT2D eigenvalue weighted by Crippen LogP contribution is 2.36. The standard InChI is InChI=1S/C18H21ClN2O3S2/c1-26(23,24)16-7-6-13(11-15(16)19)14(10-12-4-2-3-5-12)17(22)21-18-20-8-9-25-18/h6-9,11-12,14H,2-5,10H2,1H3,(H,20,21,22)/t14-/m1/s1. The van der Waals surface area contributed by atoms with E-state index >= 15 is 0 Å². The zero-order valence-corrected chi connectivity index (χ0v) is 16.8. The maximum absolute atomic E-state index is 12.9. The molecule has 1 heterocycles. The van der Waals surface area contributed by atoms with Crippen molar-refractivity contribution < 1.29 is 13.2 Å². The SMILES string of the molecule is CS(=O)(=O)c1ccc([C@@H](CC2CCCC2)C(=O)Nc2nccs2)cc1Cl. The molecular weight excluding hydrogens is 392 g/mol. The Kier molecular flexibility index (Phi) is 5.99. The van der Waals surface area contributed by atoms with Crippen molar-refractivity contribution >= 4 is 43.8 Å². The number of sulfone groups is 1. The van der Waals surface area contributed by atoms with Gasteiger partial charge in [-0.1, -0.05) is 43.4 Å². The van der Waals surface area contributed by atoms with Crippen molar-refractivity contribution in [3.05, 3.63) is 40.4 Å². The van der Waals surface area contributed by atoms with Crippen molar-refractivity contribution in [1.82, 2.24) is 4.98 Å². The number of carbonyl (C=O) groups excluding carboxylic acids is 1. The average Bonchev–Trinajstić information content (AvgIpc) is 3.24. The Morgan fingerprint density at radius 3 is 2.69 bits per heavy atom. The molecule has 0 aliphatic heterocycles. The van der Waals surface area contributed by atoms with E-state index in [0.717, 1.165) is 31.1 Å². The van der Waals surface area contributed by atoms with Crippen LogP contribution in [0.5, 0.6) is 0 Å². The monoisotopic (exact) mass is 412 g/mol. The molecule has 0 radical (unpaired) electrons. The van der Waals surface area contributed by atoms with E-state index in [1.165, 1.54) is 30.2 Å². The van der Waals surface area contributed by atoms with Crippen molar-refractivity contribution in [2.24, 2.45) is 5.92 Å². The number of nitrogens with zero attached hydrogens (tertiary/aromatic N) is 1. The predicted molar refractivity (Wildman–Crippen MR) is 105 cm³/mol. The molecule has 1 atom stereocenters. The minimum atomic E-state index is -3.40. The third kappa shape index (κ3) is 4.64. The molecule has 0 unspecified atom stereocenters. The van der Waals surface area contributed by atoms with E-state index in [4.69, 9.17) is 11.6 Å². The van der Waals surface area contributed by atoms with Crippen LogP contribution in [0.3, 0.4) is 0 Å². The molecule has 1 aliphatic carbocycles. The Labute approximate surface area is 162 Å². The van der Waals surface area contributed by atoms with E-state index in [-0.39, 0.29) is 21.7 Å². The van der Waals surface area contributed by atoms with Gasteiger partial charge in [0.25, 0.3) is 0 Å². The number of rotatable bonds is 6. The Bertz CT molecular complexity index is 876. The number of aromatic nitrogens is 1. The van der Waals surface area contributed by atoms with Crippen LogP contribution in [0.1, 0.15) is 43.6 Å². The first kappa shape index (κ1) is 19.3. The average molecular weight is 413 g/mol. The summed E-state index contributed by atoms with van der Waals surface area (Å²) in [5.41, 5.74) is 0.739. The topological polar surface area (TPSA) is 76.1 Å². The van der Waals surface area contributed by atoms with Gasteiger partial charge in [0.15, 0.2) is 15.0 Å². The highest BCUT2D eigenvalue weighted by molar-refractivity contribution is 7.90. The zero-order valence-electron chi connectivity index (χ0n) is 14.4. The van der Waals surface area contributed by atoms with Crippen LogP contribution < -0.4 is 5.32 Å². The van der Waals surface area contributed by atoms with Gasteiger partial charge in [-0.15, -0.1) is 11.3 Å². The van der Waals surface area contributed by atoms with Crippen LogP contribution in [-0.4, -0.2) is 25.6 Å². The van der Waals surface area contributed by atoms with Gasteiger partial charge in [-0.25, -0.2) is 13.4 Å². The number of thiazole rings is 1. The molecule has 26 heavy (non-hydrogen) atoms. The van der Waals surface area contributed by atoms with Crippen molar-refractivity contribution in [1.29, 1.82) is 0 Å². The van der Waals surface area contributed by atoms with E-state index in [9.17, 15) is 13.2 Å².